The molecule has 0 unspecified atom stereocenters. The van der Waals surface area contributed by atoms with E-state index in [1.807, 2.05) is 24.3 Å². The van der Waals surface area contributed by atoms with Gasteiger partial charge in [0, 0.05) is 24.6 Å². The standard InChI is InChI=1S/C27H36N2O5S/c1-2-3-18-33-25-12-14-26(15-13-25)35(31,32)28-29-17-16-21(20-29)5-4-19-34-24-10-8-23(9-11-24)27(30)22-6-7-22/h8-15,21-22,28H,2-7,16-20H2,1H3/t21-/m1/s1. The highest BCUT2D eigenvalue weighted by Gasteiger charge is 2.30. The number of sulfonamides is 1. The van der Waals surface area contributed by atoms with Gasteiger partial charge in [-0.05, 0) is 93.0 Å². The maximum Gasteiger partial charge on any atom is 0.253 e. The zero-order chi connectivity index (χ0) is 24.7. The van der Waals surface area contributed by atoms with Crippen LogP contribution in [-0.2, 0) is 10.0 Å². The second-order valence-corrected chi connectivity index (χ2v) is 11.2. The summed E-state index contributed by atoms with van der Waals surface area (Å²) in [5, 5.41) is 1.79. The van der Waals surface area contributed by atoms with Crippen LogP contribution in [-0.4, -0.2) is 45.5 Å². The molecule has 1 saturated heterocycles. The number of rotatable bonds is 14. The van der Waals surface area contributed by atoms with Crippen molar-refractivity contribution in [2.75, 3.05) is 26.3 Å². The smallest absolute Gasteiger partial charge is 0.253 e. The van der Waals surface area contributed by atoms with E-state index in [-0.39, 0.29) is 16.6 Å². The number of unbranched alkanes of at least 4 members (excludes halogenated alkanes) is 1. The van der Waals surface area contributed by atoms with Crippen LogP contribution < -0.4 is 14.3 Å². The lowest BCUT2D eigenvalue weighted by atomic mass is 10.0. The maximum atomic E-state index is 12.8. The zero-order valence-corrected chi connectivity index (χ0v) is 21.3. The molecule has 1 N–H and O–H groups in total. The second kappa shape index (κ2) is 12.0. The molecule has 0 spiro atoms. The van der Waals surface area contributed by atoms with Gasteiger partial charge in [0.15, 0.2) is 5.78 Å². The van der Waals surface area contributed by atoms with Crippen molar-refractivity contribution < 1.29 is 22.7 Å². The molecule has 8 heteroatoms. The SMILES string of the molecule is CCCCOc1ccc(S(=O)(=O)NN2CC[C@@H](CCCOc3ccc(C(=O)C4CC4)cc3)C2)cc1. The fraction of sp³-hybridized carbons (Fsp3) is 0.519. The summed E-state index contributed by atoms with van der Waals surface area (Å²) in [6.07, 6.45) is 6.87. The van der Waals surface area contributed by atoms with Crippen molar-refractivity contribution >= 4 is 15.8 Å². The number of nitrogens with zero attached hydrogens (tertiary/aromatic N) is 1. The van der Waals surface area contributed by atoms with E-state index < -0.39 is 10.0 Å². The number of Topliss-reactive ketones (excluding diaryl/α,β-unsaturated/α-hetero) is 1. The largest absolute Gasteiger partial charge is 0.494 e. The van der Waals surface area contributed by atoms with Gasteiger partial charge in [-0.25, -0.2) is 13.4 Å². The fourth-order valence-electron chi connectivity index (χ4n) is 4.28. The highest BCUT2D eigenvalue weighted by molar-refractivity contribution is 7.89. The molecule has 1 saturated carbocycles. The third kappa shape index (κ3) is 7.53. The molecule has 35 heavy (non-hydrogen) atoms. The van der Waals surface area contributed by atoms with E-state index in [1.165, 1.54) is 0 Å². The van der Waals surface area contributed by atoms with E-state index in [9.17, 15) is 13.2 Å². The lowest BCUT2D eigenvalue weighted by Crippen LogP contribution is -2.40. The third-order valence-electron chi connectivity index (χ3n) is 6.55. The number of carbonyl (C=O) groups excluding carboxylic acids is 1. The summed E-state index contributed by atoms with van der Waals surface area (Å²) >= 11 is 0. The highest BCUT2D eigenvalue weighted by atomic mass is 32.2. The fourth-order valence-corrected chi connectivity index (χ4v) is 5.39. The maximum absolute atomic E-state index is 12.8. The van der Waals surface area contributed by atoms with Crippen molar-refractivity contribution in [2.24, 2.45) is 11.8 Å². The number of hydrogen-bond donors (Lipinski definition) is 1. The molecule has 0 bridgehead atoms. The van der Waals surface area contributed by atoms with Gasteiger partial charge in [-0.3, -0.25) is 4.79 Å². The normalized spacial score (nSPS) is 18.5. The minimum absolute atomic E-state index is 0.229. The van der Waals surface area contributed by atoms with E-state index in [0.29, 0.717) is 38.0 Å². The Kier molecular flexibility index (Phi) is 8.81. The van der Waals surface area contributed by atoms with Crippen LogP contribution in [0.4, 0.5) is 0 Å². The van der Waals surface area contributed by atoms with Crippen molar-refractivity contribution in [1.82, 2.24) is 9.84 Å². The summed E-state index contributed by atoms with van der Waals surface area (Å²) in [6.45, 7) is 4.72. The molecule has 2 aromatic rings. The topological polar surface area (TPSA) is 84.9 Å². The van der Waals surface area contributed by atoms with Crippen LogP contribution in [0.5, 0.6) is 11.5 Å². The van der Waals surface area contributed by atoms with Crippen molar-refractivity contribution in [2.45, 2.75) is 56.8 Å². The first-order valence-corrected chi connectivity index (χ1v) is 14.2. The molecule has 0 radical (unpaired) electrons. The van der Waals surface area contributed by atoms with Gasteiger partial charge in [-0.2, -0.15) is 0 Å². The number of carbonyl (C=O) groups is 1. The predicted octanol–water partition coefficient (Wildman–Crippen LogP) is 4.83. The van der Waals surface area contributed by atoms with E-state index in [0.717, 1.165) is 56.3 Å². The van der Waals surface area contributed by atoms with Gasteiger partial charge < -0.3 is 9.47 Å². The van der Waals surface area contributed by atoms with Crippen molar-refractivity contribution in [3.8, 4) is 11.5 Å². The Balaban J connectivity index is 1.15. The molecule has 4 rings (SSSR count). The van der Waals surface area contributed by atoms with Crippen LogP contribution in [0.25, 0.3) is 0 Å². The first-order valence-electron chi connectivity index (χ1n) is 12.7. The van der Waals surface area contributed by atoms with E-state index in [1.54, 1.807) is 29.3 Å². The Morgan fingerprint density at radius 1 is 0.943 bits per heavy atom. The number of hydrazine groups is 1. The van der Waals surface area contributed by atoms with E-state index in [2.05, 4.69) is 11.8 Å². The molecule has 1 heterocycles. The van der Waals surface area contributed by atoms with Crippen LogP contribution in [0.2, 0.25) is 0 Å². The summed E-state index contributed by atoms with van der Waals surface area (Å²) in [7, 11) is -3.61. The van der Waals surface area contributed by atoms with Crippen LogP contribution in [0.3, 0.4) is 0 Å². The Morgan fingerprint density at radius 2 is 1.57 bits per heavy atom. The number of benzene rings is 2. The van der Waals surface area contributed by atoms with Crippen LogP contribution in [0, 0.1) is 11.8 Å². The molecule has 1 aliphatic heterocycles. The summed E-state index contributed by atoms with van der Waals surface area (Å²) in [6, 6.07) is 14.0. The van der Waals surface area contributed by atoms with Gasteiger partial charge in [0.1, 0.15) is 11.5 Å². The van der Waals surface area contributed by atoms with Gasteiger partial charge in [0.2, 0.25) is 0 Å². The molecular weight excluding hydrogens is 464 g/mol. The number of hydrogen-bond acceptors (Lipinski definition) is 6. The first-order chi connectivity index (χ1) is 16.9. The average Bonchev–Trinajstić information content (AvgIpc) is 3.62. The molecule has 1 atom stereocenters. The Labute approximate surface area is 208 Å². The summed E-state index contributed by atoms with van der Waals surface area (Å²) in [5.74, 6) is 2.36. The van der Waals surface area contributed by atoms with Crippen molar-refractivity contribution in [3.63, 3.8) is 0 Å². The van der Waals surface area contributed by atoms with Gasteiger partial charge in [-0.1, -0.05) is 13.3 Å². The summed E-state index contributed by atoms with van der Waals surface area (Å²) in [5.41, 5.74) is 0.768. The Bertz CT molecular complexity index is 1070. The summed E-state index contributed by atoms with van der Waals surface area (Å²) < 4.78 is 37.0. The monoisotopic (exact) mass is 500 g/mol. The van der Waals surface area contributed by atoms with Gasteiger partial charge >= 0.3 is 0 Å². The van der Waals surface area contributed by atoms with Crippen molar-refractivity contribution in [1.29, 1.82) is 0 Å². The van der Waals surface area contributed by atoms with Crippen LogP contribution in [0.15, 0.2) is 53.4 Å². The lowest BCUT2D eigenvalue weighted by molar-refractivity contribution is 0.0967. The average molecular weight is 501 g/mol. The Morgan fingerprint density at radius 3 is 2.20 bits per heavy atom. The minimum Gasteiger partial charge on any atom is -0.494 e. The molecule has 2 aromatic carbocycles. The van der Waals surface area contributed by atoms with E-state index >= 15 is 0 Å². The second-order valence-electron chi connectivity index (χ2n) is 9.52. The molecule has 7 nitrogen and oxygen atoms in total. The molecule has 2 fully saturated rings. The highest BCUT2D eigenvalue weighted by Crippen LogP contribution is 2.33. The molecular formula is C27H36N2O5S. The first kappa shape index (κ1) is 25.7. The number of ether oxygens (including phenoxy) is 2. The Hall–Kier alpha value is -2.42. The number of nitrogens with one attached hydrogen (secondary N) is 1. The lowest BCUT2D eigenvalue weighted by Gasteiger charge is -2.18. The van der Waals surface area contributed by atoms with E-state index in [4.69, 9.17) is 9.47 Å². The zero-order valence-electron chi connectivity index (χ0n) is 20.4. The van der Waals surface area contributed by atoms with Gasteiger partial charge in [0.25, 0.3) is 10.0 Å². The van der Waals surface area contributed by atoms with Gasteiger partial charge in [0.05, 0.1) is 18.1 Å². The molecule has 190 valence electrons. The van der Waals surface area contributed by atoms with Crippen molar-refractivity contribution in [3.05, 3.63) is 54.1 Å². The quantitative estimate of drug-likeness (QED) is 0.295. The molecule has 2 aliphatic rings. The predicted molar refractivity (Wildman–Crippen MR) is 135 cm³/mol. The van der Waals surface area contributed by atoms with Gasteiger partial charge in [-0.15, -0.1) is 4.83 Å². The minimum atomic E-state index is -3.61. The molecule has 1 aliphatic carbocycles. The van der Waals surface area contributed by atoms with Crippen LogP contribution >= 0.6 is 0 Å². The summed E-state index contributed by atoms with van der Waals surface area (Å²) in [4.78, 5) is 15.0. The van der Waals surface area contributed by atoms with Crippen LogP contribution in [0.1, 0.15) is 62.2 Å². The molecule has 0 aromatic heterocycles. The molecule has 0 amide bonds. The third-order valence-corrected chi connectivity index (χ3v) is 7.94. The number of ketones is 1.